The quantitative estimate of drug-likeness (QED) is 0.691. The summed E-state index contributed by atoms with van der Waals surface area (Å²) in [6.45, 7) is 1.16. The molecule has 0 atom stereocenters. The largest absolute Gasteiger partial charge is 0.416 e. The lowest BCUT2D eigenvalue weighted by atomic mass is 10.1. The van der Waals surface area contributed by atoms with Crippen molar-refractivity contribution in [3.63, 3.8) is 0 Å². The van der Waals surface area contributed by atoms with Gasteiger partial charge in [0.25, 0.3) is 0 Å². The number of rotatable bonds is 2. The summed E-state index contributed by atoms with van der Waals surface area (Å²) in [5.41, 5.74) is 0.950. The second-order valence-corrected chi connectivity index (χ2v) is 6.40. The summed E-state index contributed by atoms with van der Waals surface area (Å²) in [6.07, 6.45) is 0.453. The van der Waals surface area contributed by atoms with Crippen LogP contribution in [0.5, 0.6) is 0 Å². The van der Waals surface area contributed by atoms with E-state index in [4.69, 9.17) is 0 Å². The Kier molecular flexibility index (Phi) is 4.01. The van der Waals surface area contributed by atoms with E-state index in [2.05, 4.69) is 10.1 Å². The number of nitrogens with zero attached hydrogens (tertiary/aromatic N) is 5. The summed E-state index contributed by atoms with van der Waals surface area (Å²) < 4.78 is 40.4. The number of aromatic nitrogens is 3. The molecule has 0 spiro atoms. The highest BCUT2D eigenvalue weighted by Crippen LogP contribution is 2.34. The monoisotopic (exact) mass is 375 g/mol. The van der Waals surface area contributed by atoms with Crippen LogP contribution < -0.4 is 9.80 Å². The summed E-state index contributed by atoms with van der Waals surface area (Å²) in [6, 6.07) is 5.22. The third-order valence-electron chi connectivity index (χ3n) is 4.61. The molecule has 9 heteroatoms. The molecule has 140 valence electrons. The molecule has 6 nitrogen and oxygen atoms in total. The summed E-state index contributed by atoms with van der Waals surface area (Å²) in [7, 11) is 1.78. The van der Waals surface area contributed by atoms with Crippen LogP contribution in [0.1, 0.15) is 5.56 Å². The van der Waals surface area contributed by atoms with Gasteiger partial charge in [0.15, 0.2) is 0 Å². The minimum atomic E-state index is -4.42. The minimum Gasteiger partial charge on any atom is -0.360 e. The van der Waals surface area contributed by atoms with E-state index in [0.717, 1.165) is 17.8 Å². The summed E-state index contributed by atoms with van der Waals surface area (Å²) >= 11 is 0. The van der Waals surface area contributed by atoms with Gasteiger partial charge in [-0.15, -0.1) is 0 Å². The van der Waals surface area contributed by atoms with E-state index in [1.54, 1.807) is 35.1 Å². The highest BCUT2D eigenvalue weighted by atomic mass is 19.4. The number of amides is 1. The predicted octanol–water partition coefficient (Wildman–Crippen LogP) is 2.84. The van der Waals surface area contributed by atoms with Gasteiger partial charge in [-0.3, -0.25) is 14.5 Å². The SMILES string of the molecule is Cn1cc(N2CCN(c3ccnc4cc(C(F)(F)F)ccc34)CC2=O)cn1. The van der Waals surface area contributed by atoms with Crippen molar-refractivity contribution < 1.29 is 18.0 Å². The number of carbonyl (C=O) groups excluding carboxylic acids is 1. The van der Waals surface area contributed by atoms with E-state index in [0.29, 0.717) is 24.2 Å². The molecule has 0 unspecified atom stereocenters. The number of aryl methyl sites for hydroxylation is 1. The van der Waals surface area contributed by atoms with Gasteiger partial charge in [-0.25, -0.2) is 0 Å². The van der Waals surface area contributed by atoms with Crippen molar-refractivity contribution in [1.82, 2.24) is 14.8 Å². The standard InChI is InChI=1S/C18H16F3N5O/c1-24-10-13(9-23-24)26-7-6-25(11-17(26)27)16-4-5-22-15-8-12(18(19,20)21)2-3-14(15)16/h2-5,8-10H,6-7,11H2,1H3. The first kappa shape index (κ1) is 17.3. The number of hydrogen-bond donors (Lipinski definition) is 0. The summed E-state index contributed by atoms with van der Waals surface area (Å²) in [4.78, 5) is 20.2. The lowest BCUT2D eigenvalue weighted by Gasteiger charge is -2.35. The van der Waals surface area contributed by atoms with Crippen molar-refractivity contribution >= 4 is 28.2 Å². The zero-order valence-corrected chi connectivity index (χ0v) is 14.4. The van der Waals surface area contributed by atoms with Crippen LogP contribution in [0.3, 0.4) is 0 Å². The molecule has 1 aromatic carbocycles. The molecular formula is C18H16F3N5O. The minimum absolute atomic E-state index is 0.0916. The maximum Gasteiger partial charge on any atom is 0.416 e. The fourth-order valence-corrected chi connectivity index (χ4v) is 3.28. The van der Waals surface area contributed by atoms with E-state index >= 15 is 0 Å². The number of carbonyl (C=O) groups is 1. The fraction of sp³-hybridized carbons (Fsp3) is 0.278. The van der Waals surface area contributed by atoms with Crippen LogP contribution >= 0.6 is 0 Å². The van der Waals surface area contributed by atoms with Crippen LogP contribution in [0, 0.1) is 0 Å². The number of benzene rings is 1. The molecule has 4 rings (SSSR count). The van der Waals surface area contributed by atoms with Gasteiger partial charge in [0, 0.05) is 43.6 Å². The smallest absolute Gasteiger partial charge is 0.360 e. The van der Waals surface area contributed by atoms with Gasteiger partial charge >= 0.3 is 6.18 Å². The Morgan fingerprint density at radius 3 is 2.63 bits per heavy atom. The maximum atomic E-state index is 12.9. The van der Waals surface area contributed by atoms with E-state index < -0.39 is 11.7 Å². The van der Waals surface area contributed by atoms with E-state index in [1.165, 1.54) is 12.3 Å². The first-order chi connectivity index (χ1) is 12.8. The fourth-order valence-electron chi connectivity index (χ4n) is 3.28. The number of hydrogen-bond acceptors (Lipinski definition) is 4. The van der Waals surface area contributed by atoms with E-state index in [9.17, 15) is 18.0 Å². The van der Waals surface area contributed by atoms with Crippen molar-refractivity contribution in [3.8, 4) is 0 Å². The topological polar surface area (TPSA) is 54.3 Å². The molecule has 0 radical (unpaired) electrons. The lowest BCUT2D eigenvalue weighted by molar-refractivity contribution is -0.137. The molecule has 0 saturated carbocycles. The first-order valence-corrected chi connectivity index (χ1v) is 8.33. The van der Waals surface area contributed by atoms with Crippen molar-refractivity contribution in [2.24, 2.45) is 7.05 Å². The average molecular weight is 375 g/mol. The van der Waals surface area contributed by atoms with E-state index in [-0.39, 0.29) is 18.0 Å². The second-order valence-electron chi connectivity index (χ2n) is 6.40. The van der Waals surface area contributed by atoms with Gasteiger partial charge in [-0.2, -0.15) is 18.3 Å². The molecule has 2 aromatic heterocycles. The van der Waals surface area contributed by atoms with E-state index in [1.807, 2.05) is 4.90 Å². The molecule has 0 aliphatic carbocycles. The summed E-state index contributed by atoms with van der Waals surface area (Å²) in [5.74, 6) is -0.0916. The maximum absolute atomic E-state index is 12.9. The summed E-state index contributed by atoms with van der Waals surface area (Å²) in [5, 5.41) is 4.67. The number of piperazine rings is 1. The number of anilines is 2. The Balaban J connectivity index is 1.62. The lowest BCUT2D eigenvalue weighted by Crippen LogP contribution is -2.50. The van der Waals surface area contributed by atoms with Crippen LogP contribution in [-0.2, 0) is 18.0 Å². The molecule has 0 N–H and O–H groups in total. The molecule has 1 fully saturated rings. The van der Waals surface area contributed by atoms with Gasteiger partial charge in [0.05, 0.1) is 29.5 Å². The third-order valence-corrected chi connectivity index (χ3v) is 4.61. The Hall–Kier alpha value is -3.10. The molecule has 3 heterocycles. The number of halogens is 3. The van der Waals surface area contributed by atoms with Crippen molar-refractivity contribution in [2.75, 3.05) is 29.4 Å². The van der Waals surface area contributed by atoms with Crippen LogP contribution in [0.4, 0.5) is 24.5 Å². The molecule has 1 amide bonds. The van der Waals surface area contributed by atoms with Crippen LogP contribution in [-0.4, -0.2) is 40.3 Å². The van der Waals surface area contributed by atoms with Gasteiger partial charge in [-0.1, -0.05) is 6.07 Å². The second kappa shape index (κ2) is 6.26. The highest BCUT2D eigenvalue weighted by Gasteiger charge is 2.31. The van der Waals surface area contributed by atoms with Crippen molar-refractivity contribution in [3.05, 3.63) is 48.4 Å². The van der Waals surface area contributed by atoms with Gasteiger partial charge in [-0.05, 0) is 18.2 Å². The molecule has 1 aliphatic heterocycles. The number of fused-ring (bicyclic) bond motifs is 1. The van der Waals surface area contributed by atoms with Crippen LogP contribution in [0.15, 0.2) is 42.9 Å². The molecule has 1 saturated heterocycles. The molecule has 3 aromatic rings. The predicted molar refractivity (Wildman–Crippen MR) is 94.5 cm³/mol. The molecule has 0 bridgehead atoms. The normalized spacial score (nSPS) is 15.6. The number of pyridine rings is 1. The molecular weight excluding hydrogens is 359 g/mol. The van der Waals surface area contributed by atoms with Crippen LogP contribution in [0.2, 0.25) is 0 Å². The zero-order chi connectivity index (χ0) is 19.2. The molecule has 1 aliphatic rings. The Bertz CT molecular complexity index is 1010. The first-order valence-electron chi connectivity index (χ1n) is 8.33. The Labute approximate surface area is 152 Å². The third kappa shape index (κ3) is 3.20. The average Bonchev–Trinajstić information content (AvgIpc) is 3.06. The van der Waals surface area contributed by atoms with Crippen molar-refractivity contribution in [1.29, 1.82) is 0 Å². The van der Waals surface area contributed by atoms with Crippen molar-refractivity contribution in [2.45, 2.75) is 6.18 Å². The Morgan fingerprint density at radius 2 is 1.96 bits per heavy atom. The highest BCUT2D eigenvalue weighted by molar-refractivity contribution is 6.00. The van der Waals surface area contributed by atoms with Crippen LogP contribution in [0.25, 0.3) is 10.9 Å². The number of alkyl halides is 3. The molecule has 27 heavy (non-hydrogen) atoms. The Morgan fingerprint density at radius 1 is 1.15 bits per heavy atom. The zero-order valence-electron chi connectivity index (χ0n) is 14.4. The van der Waals surface area contributed by atoms with Gasteiger partial charge in [0.1, 0.15) is 0 Å². The van der Waals surface area contributed by atoms with Gasteiger partial charge in [0.2, 0.25) is 5.91 Å². The van der Waals surface area contributed by atoms with Gasteiger partial charge < -0.3 is 9.80 Å².